The molecule has 2 aromatic rings. The Balaban J connectivity index is 2.03. The van der Waals surface area contributed by atoms with Crippen molar-refractivity contribution in [1.82, 2.24) is 10.6 Å². The maximum Gasteiger partial charge on any atom is 0.312 e. The van der Waals surface area contributed by atoms with Gasteiger partial charge in [0.05, 0.1) is 6.42 Å². The lowest BCUT2D eigenvalue weighted by atomic mass is 10.1. The highest BCUT2D eigenvalue weighted by Crippen LogP contribution is 2.12. The van der Waals surface area contributed by atoms with Crippen molar-refractivity contribution in [2.45, 2.75) is 18.9 Å². The highest BCUT2D eigenvalue weighted by molar-refractivity contribution is 5.97. The molecule has 0 spiro atoms. The number of hydrogen-bond donors (Lipinski definition) is 4. The zero-order valence-electron chi connectivity index (χ0n) is 14.5. The van der Waals surface area contributed by atoms with E-state index in [9.17, 15) is 14.4 Å². The number of rotatable bonds is 7. The summed E-state index contributed by atoms with van der Waals surface area (Å²) < 4.78 is 0. The van der Waals surface area contributed by atoms with E-state index in [1.165, 1.54) is 0 Å². The second-order valence-electron chi connectivity index (χ2n) is 5.79. The zero-order chi connectivity index (χ0) is 18.9. The lowest BCUT2D eigenvalue weighted by molar-refractivity contribution is -0.120. The zero-order valence-corrected chi connectivity index (χ0v) is 14.5. The smallest absolute Gasteiger partial charge is 0.312 e. The predicted octanol–water partition coefficient (Wildman–Crippen LogP) is 1.19. The van der Waals surface area contributed by atoms with Gasteiger partial charge in [-0.3, -0.25) is 9.59 Å². The Morgan fingerprint density at radius 3 is 2.19 bits per heavy atom. The van der Waals surface area contributed by atoms with Crippen LogP contribution in [0.1, 0.15) is 11.1 Å². The third kappa shape index (κ3) is 5.94. The van der Waals surface area contributed by atoms with E-state index in [1.807, 2.05) is 30.3 Å². The quantitative estimate of drug-likeness (QED) is 0.599. The van der Waals surface area contributed by atoms with Crippen LogP contribution in [0.25, 0.3) is 0 Å². The molecule has 0 saturated carbocycles. The normalized spacial score (nSPS) is 11.3. The highest BCUT2D eigenvalue weighted by Gasteiger charge is 2.20. The lowest BCUT2D eigenvalue weighted by Crippen LogP contribution is -2.47. The number of amides is 4. The number of urea groups is 1. The summed E-state index contributed by atoms with van der Waals surface area (Å²) in [6.07, 6.45) is 0.592. The fourth-order valence-electron chi connectivity index (χ4n) is 2.44. The van der Waals surface area contributed by atoms with Gasteiger partial charge in [0, 0.05) is 19.2 Å². The average Bonchev–Trinajstić information content (AvgIpc) is 2.63. The first-order valence-electron chi connectivity index (χ1n) is 8.18. The molecule has 136 valence electrons. The van der Waals surface area contributed by atoms with E-state index >= 15 is 0 Å². The third-order valence-corrected chi connectivity index (χ3v) is 3.78. The molecule has 4 amide bonds. The van der Waals surface area contributed by atoms with Gasteiger partial charge in [0.1, 0.15) is 6.04 Å². The minimum Gasteiger partial charge on any atom is -0.359 e. The van der Waals surface area contributed by atoms with Gasteiger partial charge in [-0.1, -0.05) is 42.5 Å². The number of primary amides is 1. The third-order valence-electron chi connectivity index (χ3n) is 3.78. The SMILES string of the molecule is CNC(=O)Cc1ccc(NC(=O)C(Cc2ccccc2)NC(N)=O)cc1. The molecular weight excluding hydrogens is 332 g/mol. The molecule has 7 nitrogen and oxygen atoms in total. The summed E-state index contributed by atoms with van der Waals surface area (Å²) in [5, 5.41) is 7.78. The molecule has 1 atom stereocenters. The number of likely N-dealkylation sites (N-methyl/N-ethyl adjacent to an activating group) is 1. The van der Waals surface area contributed by atoms with Crippen LogP contribution in [-0.4, -0.2) is 30.9 Å². The van der Waals surface area contributed by atoms with Crippen molar-refractivity contribution in [3.63, 3.8) is 0 Å². The van der Waals surface area contributed by atoms with Crippen LogP contribution in [-0.2, 0) is 22.4 Å². The summed E-state index contributed by atoms with van der Waals surface area (Å²) in [5.41, 5.74) is 7.50. The van der Waals surface area contributed by atoms with Crippen molar-refractivity contribution in [2.24, 2.45) is 5.73 Å². The first-order valence-corrected chi connectivity index (χ1v) is 8.18. The van der Waals surface area contributed by atoms with Crippen LogP contribution in [0.5, 0.6) is 0 Å². The van der Waals surface area contributed by atoms with E-state index in [0.29, 0.717) is 12.1 Å². The number of nitrogens with one attached hydrogen (secondary N) is 3. The number of carbonyl (C=O) groups excluding carboxylic acids is 3. The van der Waals surface area contributed by atoms with Crippen LogP contribution in [0.2, 0.25) is 0 Å². The van der Waals surface area contributed by atoms with Crippen molar-refractivity contribution >= 4 is 23.5 Å². The number of hydrogen-bond acceptors (Lipinski definition) is 3. The van der Waals surface area contributed by atoms with Gasteiger partial charge in [0.25, 0.3) is 0 Å². The summed E-state index contributed by atoms with van der Waals surface area (Å²) in [7, 11) is 1.58. The largest absolute Gasteiger partial charge is 0.359 e. The summed E-state index contributed by atoms with van der Waals surface area (Å²) in [5.74, 6) is -0.456. The molecule has 0 fully saturated rings. The van der Waals surface area contributed by atoms with Gasteiger partial charge in [-0.05, 0) is 23.3 Å². The van der Waals surface area contributed by atoms with Gasteiger partial charge >= 0.3 is 6.03 Å². The van der Waals surface area contributed by atoms with Gasteiger partial charge in [-0.2, -0.15) is 0 Å². The standard InChI is InChI=1S/C19H22N4O3/c1-21-17(24)12-14-7-9-15(10-8-14)22-18(25)16(23-19(20)26)11-13-5-3-2-4-6-13/h2-10,16H,11-12H2,1H3,(H,21,24)(H,22,25)(H3,20,23,26). The average molecular weight is 354 g/mol. The molecule has 2 aromatic carbocycles. The second-order valence-corrected chi connectivity index (χ2v) is 5.79. The summed E-state index contributed by atoms with van der Waals surface area (Å²) in [6, 6.07) is 14.7. The maximum atomic E-state index is 12.5. The predicted molar refractivity (Wildman–Crippen MR) is 99.5 cm³/mol. The van der Waals surface area contributed by atoms with Crippen molar-refractivity contribution in [1.29, 1.82) is 0 Å². The van der Waals surface area contributed by atoms with Crippen molar-refractivity contribution < 1.29 is 14.4 Å². The molecule has 0 heterocycles. The van der Waals surface area contributed by atoms with Crippen LogP contribution in [0.3, 0.4) is 0 Å². The number of carbonyl (C=O) groups is 3. The van der Waals surface area contributed by atoms with E-state index in [4.69, 9.17) is 5.73 Å². The molecule has 0 saturated heterocycles. The molecular formula is C19H22N4O3. The Hall–Kier alpha value is -3.35. The molecule has 2 rings (SSSR count). The number of benzene rings is 2. The Kier molecular flexibility index (Phi) is 6.73. The van der Waals surface area contributed by atoms with Gasteiger partial charge < -0.3 is 21.7 Å². The summed E-state index contributed by atoms with van der Waals surface area (Å²) in [6.45, 7) is 0. The second kappa shape index (κ2) is 9.22. The molecule has 5 N–H and O–H groups in total. The Labute approximate surface area is 152 Å². The number of nitrogens with two attached hydrogens (primary N) is 1. The van der Waals surface area contributed by atoms with Crippen LogP contribution in [0, 0.1) is 0 Å². The van der Waals surface area contributed by atoms with Gasteiger partial charge in [0.15, 0.2) is 0 Å². The molecule has 0 aromatic heterocycles. The molecule has 26 heavy (non-hydrogen) atoms. The topological polar surface area (TPSA) is 113 Å². The van der Waals surface area contributed by atoms with E-state index in [-0.39, 0.29) is 18.2 Å². The van der Waals surface area contributed by atoms with E-state index < -0.39 is 12.1 Å². The summed E-state index contributed by atoms with van der Waals surface area (Å²) >= 11 is 0. The minimum absolute atomic E-state index is 0.0876. The van der Waals surface area contributed by atoms with Crippen LogP contribution in [0.15, 0.2) is 54.6 Å². The molecule has 0 aliphatic carbocycles. The monoisotopic (exact) mass is 354 g/mol. The van der Waals surface area contributed by atoms with Crippen LogP contribution >= 0.6 is 0 Å². The van der Waals surface area contributed by atoms with Crippen molar-refractivity contribution in [3.05, 3.63) is 65.7 Å². The Morgan fingerprint density at radius 1 is 0.962 bits per heavy atom. The number of anilines is 1. The molecule has 0 aliphatic heterocycles. The van der Waals surface area contributed by atoms with Crippen molar-refractivity contribution in [2.75, 3.05) is 12.4 Å². The fraction of sp³-hybridized carbons (Fsp3) is 0.211. The fourth-order valence-corrected chi connectivity index (χ4v) is 2.44. The van der Waals surface area contributed by atoms with Crippen molar-refractivity contribution in [3.8, 4) is 0 Å². The lowest BCUT2D eigenvalue weighted by Gasteiger charge is -2.17. The molecule has 1 unspecified atom stereocenters. The first-order chi connectivity index (χ1) is 12.5. The van der Waals surface area contributed by atoms with E-state index in [0.717, 1.165) is 11.1 Å². The molecule has 0 radical (unpaired) electrons. The van der Waals surface area contributed by atoms with Gasteiger partial charge in [-0.15, -0.1) is 0 Å². The van der Waals surface area contributed by atoms with Gasteiger partial charge in [-0.25, -0.2) is 4.79 Å². The molecule has 0 bridgehead atoms. The Morgan fingerprint density at radius 2 is 1.62 bits per heavy atom. The maximum absolute atomic E-state index is 12.5. The summed E-state index contributed by atoms with van der Waals surface area (Å²) in [4.78, 5) is 35.1. The minimum atomic E-state index is -0.791. The van der Waals surface area contributed by atoms with E-state index in [2.05, 4.69) is 16.0 Å². The molecule has 0 aliphatic rings. The van der Waals surface area contributed by atoms with Crippen LogP contribution < -0.4 is 21.7 Å². The van der Waals surface area contributed by atoms with Gasteiger partial charge in [0.2, 0.25) is 11.8 Å². The van der Waals surface area contributed by atoms with Crippen LogP contribution in [0.4, 0.5) is 10.5 Å². The molecule has 7 heteroatoms. The first kappa shape index (κ1) is 19.0. The highest BCUT2D eigenvalue weighted by atomic mass is 16.2. The van der Waals surface area contributed by atoms with E-state index in [1.54, 1.807) is 31.3 Å². The Bertz CT molecular complexity index is 760.